The van der Waals surface area contributed by atoms with E-state index in [0.29, 0.717) is 24.1 Å². The van der Waals surface area contributed by atoms with E-state index in [0.717, 1.165) is 13.1 Å². The van der Waals surface area contributed by atoms with Gasteiger partial charge in [-0.2, -0.15) is 0 Å². The second kappa shape index (κ2) is 7.26. The van der Waals surface area contributed by atoms with Gasteiger partial charge in [0, 0.05) is 18.7 Å². The summed E-state index contributed by atoms with van der Waals surface area (Å²) in [5.41, 5.74) is 0.00357. The summed E-state index contributed by atoms with van der Waals surface area (Å²) < 4.78 is 10.9. The molecule has 0 bridgehead atoms. The van der Waals surface area contributed by atoms with Crippen molar-refractivity contribution in [3.63, 3.8) is 0 Å². The molecule has 2 rings (SSSR count). The molecule has 1 aromatic carbocycles. The number of benzene rings is 1. The van der Waals surface area contributed by atoms with Crippen LogP contribution in [0.2, 0.25) is 0 Å². The number of piperidine rings is 1. The summed E-state index contributed by atoms with van der Waals surface area (Å²) in [7, 11) is 1.48. The molecule has 1 unspecified atom stereocenters. The van der Waals surface area contributed by atoms with Gasteiger partial charge in [0.15, 0.2) is 11.5 Å². The molecule has 0 N–H and O–H groups in total. The van der Waals surface area contributed by atoms with Crippen molar-refractivity contribution in [1.82, 2.24) is 4.90 Å². The average molecular weight is 294 g/mol. The van der Waals surface area contributed by atoms with Gasteiger partial charge in [-0.3, -0.25) is 15.0 Å². The quantitative estimate of drug-likeness (QED) is 0.596. The van der Waals surface area contributed by atoms with Crippen LogP contribution < -0.4 is 9.47 Å². The van der Waals surface area contributed by atoms with Crippen LogP contribution in [0, 0.1) is 10.1 Å². The Labute approximate surface area is 124 Å². The fourth-order valence-corrected chi connectivity index (χ4v) is 2.65. The molecular formula is C15H22N2O4. The van der Waals surface area contributed by atoms with Crippen LogP contribution in [0.25, 0.3) is 0 Å². The number of nitro groups is 1. The fraction of sp³-hybridized carbons (Fsp3) is 0.600. The van der Waals surface area contributed by atoms with Crippen molar-refractivity contribution in [2.24, 2.45) is 0 Å². The molecule has 1 aliphatic rings. The molecule has 0 aliphatic carbocycles. The maximum absolute atomic E-state index is 10.7. The molecule has 21 heavy (non-hydrogen) atoms. The van der Waals surface area contributed by atoms with Gasteiger partial charge in [-0.05, 0) is 32.4 Å². The lowest BCUT2D eigenvalue weighted by Gasteiger charge is -2.33. The van der Waals surface area contributed by atoms with Crippen LogP contribution in [0.3, 0.4) is 0 Å². The van der Waals surface area contributed by atoms with E-state index in [9.17, 15) is 10.1 Å². The molecule has 1 fully saturated rings. The fourth-order valence-electron chi connectivity index (χ4n) is 2.65. The Morgan fingerprint density at radius 1 is 1.38 bits per heavy atom. The number of ether oxygens (including phenoxy) is 2. The highest BCUT2D eigenvalue weighted by Crippen LogP contribution is 2.31. The molecule has 116 valence electrons. The van der Waals surface area contributed by atoms with E-state index in [1.54, 1.807) is 6.07 Å². The minimum atomic E-state index is -0.443. The first-order valence-electron chi connectivity index (χ1n) is 7.31. The number of hydrogen-bond acceptors (Lipinski definition) is 5. The molecule has 6 heteroatoms. The summed E-state index contributed by atoms with van der Waals surface area (Å²) in [5.74, 6) is 0.948. The zero-order valence-corrected chi connectivity index (χ0v) is 12.6. The first-order chi connectivity index (χ1) is 10.1. The summed E-state index contributed by atoms with van der Waals surface area (Å²) in [6.45, 7) is 4.77. The smallest absolute Gasteiger partial charge is 0.273 e. The molecule has 0 radical (unpaired) electrons. The molecule has 1 heterocycles. The van der Waals surface area contributed by atoms with Crippen LogP contribution in [0.4, 0.5) is 5.69 Å². The van der Waals surface area contributed by atoms with Gasteiger partial charge in [0.05, 0.1) is 18.1 Å². The van der Waals surface area contributed by atoms with Crippen LogP contribution in [-0.4, -0.2) is 42.7 Å². The molecule has 0 aromatic heterocycles. The van der Waals surface area contributed by atoms with Gasteiger partial charge in [0.2, 0.25) is 0 Å². The van der Waals surface area contributed by atoms with Gasteiger partial charge >= 0.3 is 0 Å². The summed E-state index contributed by atoms with van der Waals surface area (Å²) in [5, 5.41) is 10.7. The van der Waals surface area contributed by atoms with Gasteiger partial charge in [-0.1, -0.05) is 6.42 Å². The monoisotopic (exact) mass is 294 g/mol. The number of non-ortho nitro benzene ring substituents is 1. The normalized spacial score (nSPS) is 19.2. The van der Waals surface area contributed by atoms with Crippen molar-refractivity contribution >= 4 is 5.69 Å². The van der Waals surface area contributed by atoms with Crippen molar-refractivity contribution in [2.75, 3.05) is 26.8 Å². The van der Waals surface area contributed by atoms with Crippen LogP contribution in [0.15, 0.2) is 18.2 Å². The molecule has 0 amide bonds. The lowest BCUT2D eigenvalue weighted by atomic mass is 10.0. The first kappa shape index (κ1) is 15.6. The maximum Gasteiger partial charge on any atom is 0.273 e. The van der Waals surface area contributed by atoms with Gasteiger partial charge in [0.1, 0.15) is 6.61 Å². The number of rotatable bonds is 6. The molecule has 1 saturated heterocycles. The zero-order valence-electron chi connectivity index (χ0n) is 12.6. The largest absolute Gasteiger partial charge is 0.493 e. The van der Waals surface area contributed by atoms with Crippen molar-refractivity contribution in [1.29, 1.82) is 0 Å². The van der Waals surface area contributed by atoms with Crippen molar-refractivity contribution < 1.29 is 14.4 Å². The Kier molecular flexibility index (Phi) is 5.38. The highest BCUT2D eigenvalue weighted by molar-refractivity contribution is 5.48. The molecule has 1 atom stereocenters. The Morgan fingerprint density at radius 2 is 2.19 bits per heavy atom. The Morgan fingerprint density at radius 3 is 2.86 bits per heavy atom. The Hall–Kier alpha value is -1.82. The average Bonchev–Trinajstić information content (AvgIpc) is 2.49. The lowest BCUT2D eigenvalue weighted by molar-refractivity contribution is -0.384. The predicted molar refractivity (Wildman–Crippen MR) is 80.0 cm³/mol. The van der Waals surface area contributed by atoms with Crippen molar-refractivity contribution in [2.45, 2.75) is 32.2 Å². The summed E-state index contributed by atoms with van der Waals surface area (Å²) >= 11 is 0. The van der Waals surface area contributed by atoms with Gasteiger partial charge in [-0.15, -0.1) is 0 Å². The second-order valence-electron chi connectivity index (χ2n) is 5.32. The highest BCUT2D eigenvalue weighted by atomic mass is 16.6. The third kappa shape index (κ3) is 4.07. The predicted octanol–water partition coefficient (Wildman–Crippen LogP) is 2.86. The minimum absolute atomic E-state index is 0.00357. The topological polar surface area (TPSA) is 64.8 Å². The van der Waals surface area contributed by atoms with E-state index in [4.69, 9.17) is 9.47 Å². The van der Waals surface area contributed by atoms with Gasteiger partial charge in [0.25, 0.3) is 5.69 Å². The maximum atomic E-state index is 10.7. The van der Waals surface area contributed by atoms with Gasteiger partial charge in [-0.25, -0.2) is 0 Å². The number of hydrogen-bond donors (Lipinski definition) is 0. The third-order valence-electron chi connectivity index (χ3n) is 3.93. The Bertz CT molecular complexity index is 493. The van der Waals surface area contributed by atoms with Crippen molar-refractivity contribution in [3.8, 4) is 11.5 Å². The highest BCUT2D eigenvalue weighted by Gasteiger charge is 2.18. The summed E-state index contributed by atoms with van der Waals surface area (Å²) in [4.78, 5) is 12.7. The number of likely N-dealkylation sites (tertiary alicyclic amines) is 1. The molecule has 1 aromatic rings. The lowest BCUT2D eigenvalue weighted by Crippen LogP contribution is -2.39. The van der Waals surface area contributed by atoms with E-state index < -0.39 is 4.92 Å². The second-order valence-corrected chi connectivity index (χ2v) is 5.32. The molecule has 1 aliphatic heterocycles. The van der Waals surface area contributed by atoms with Crippen molar-refractivity contribution in [3.05, 3.63) is 28.3 Å². The van der Waals surface area contributed by atoms with E-state index in [1.807, 2.05) is 0 Å². The third-order valence-corrected chi connectivity index (χ3v) is 3.93. The van der Waals surface area contributed by atoms with Crippen LogP contribution >= 0.6 is 0 Å². The molecule has 0 saturated carbocycles. The number of methoxy groups -OCH3 is 1. The van der Waals surface area contributed by atoms with E-state index in [2.05, 4.69) is 11.8 Å². The summed E-state index contributed by atoms with van der Waals surface area (Å²) in [6.07, 6.45) is 3.78. The van der Waals surface area contributed by atoms with Crippen LogP contribution in [0.5, 0.6) is 11.5 Å². The SMILES string of the molecule is COc1cc([N+](=O)[O-])ccc1OCCN1CCCCC1C. The van der Waals surface area contributed by atoms with Crippen LogP contribution in [0.1, 0.15) is 26.2 Å². The number of nitro benzene ring substituents is 1. The van der Waals surface area contributed by atoms with E-state index in [-0.39, 0.29) is 5.69 Å². The Balaban J connectivity index is 1.91. The van der Waals surface area contributed by atoms with E-state index in [1.165, 1.54) is 38.5 Å². The first-order valence-corrected chi connectivity index (χ1v) is 7.31. The zero-order chi connectivity index (χ0) is 15.2. The minimum Gasteiger partial charge on any atom is -0.493 e. The standard InChI is InChI=1S/C15H22N2O4/c1-12-5-3-4-8-16(12)9-10-21-14-7-6-13(17(18)19)11-15(14)20-2/h6-7,11-12H,3-5,8-10H2,1-2H3. The van der Waals surface area contributed by atoms with E-state index >= 15 is 0 Å². The van der Waals surface area contributed by atoms with Gasteiger partial charge < -0.3 is 9.47 Å². The molecular weight excluding hydrogens is 272 g/mol. The summed E-state index contributed by atoms with van der Waals surface area (Å²) in [6, 6.07) is 5.01. The molecule has 0 spiro atoms. The number of nitrogens with zero attached hydrogens (tertiary/aromatic N) is 2. The molecule has 6 nitrogen and oxygen atoms in total. The van der Waals surface area contributed by atoms with Crippen LogP contribution in [-0.2, 0) is 0 Å².